The van der Waals surface area contributed by atoms with Gasteiger partial charge in [0.05, 0.1) is 0 Å². The van der Waals surface area contributed by atoms with Crippen LogP contribution in [0.15, 0.2) is 42.5 Å². The number of ether oxygens (including phenoxy) is 1. The first-order valence-corrected chi connectivity index (χ1v) is 5.90. The summed E-state index contributed by atoms with van der Waals surface area (Å²) in [7, 11) is 0. The van der Waals surface area contributed by atoms with E-state index in [-0.39, 0.29) is 16.9 Å². The lowest BCUT2D eigenvalue weighted by atomic mass is 10.1. The molecule has 0 spiro atoms. The second-order valence-electron chi connectivity index (χ2n) is 3.85. The fourth-order valence-corrected chi connectivity index (χ4v) is 1.67. The molecule has 0 atom stereocenters. The van der Waals surface area contributed by atoms with E-state index in [1.54, 1.807) is 0 Å². The minimum Gasteiger partial charge on any atom is -0.506 e. The van der Waals surface area contributed by atoms with Crippen LogP contribution in [0.25, 0.3) is 0 Å². The molecule has 0 unspecified atom stereocenters. The van der Waals surface area contributed by atoms with Crippen molar-refractivity contribution in [3.05, 3.63) is 58.6 Å². The Bertz CT molecular complexity index is 664. The van der Waals surface area contributed by atoms with Crippen LogP contribution in [-0.2, 0) is 0 Å². The van der Waals surface area contributed by atoms with Gasteiger partial charge in [0.25, 0.3) is 0 Å². The highest BCUT2D eigenvalue weighted by atomic mass is 35.5. The number of aromatic carboxylic acids is 1. The molecule has 0 aliphatic rings. The molecule has 102 valence electrons. The first kappa shape index (κ1) is 13.9. The predicted molar refractivity (Wildman–Crippen MR) is 71.5 cm³/mol. The van der Waals surface area contributed by atoms with Crippen LogP contribution in [-0.4, -0.2) is 22.2 Å². The highest BCUT2D eigenvalue weighted by Gasteiger charge is 2.19. The van der Waals surface area contributed by atoms with E-state index in [1.807, 2.05) is 0 Å². The first-order valence-electron chi connectivity index (χ1n) is 5.52. The summed E-state index contributed by atoms with van der Waals surface area (Å²) >= 11 is 5.70. The van der Waals surface area contributed by atoms with Crippen molar-refractivity contribution in [1.82, 2.24) is 0 Å². The Morgan fingerprint density at radius 3 is 2.20 bits per heavy atom. The van der Waals surface area contributed by atoms with E-state index in [0.717, 1.165) is 0 Å². The Morgan fingerprint density at radius 1 is 1.00 bits per heavy atom. The van der Waals surface area contributed by atoms with Crippen molar-refractivity contribution in [2.24, 2.45) is 0 Å². The maximum Gasteiger partial charge on any atom is 0.347 e. The van der Waals surface area contributed by atoms with E-state index in [0.29, 0.717) is 5.02 Å². The molecule has 0 radical (unpaired) electrons. The normalized spacial score (nSPS) is 10.1. The molecule has 0 aliphatic heterocycles. The zero-order valence-corrected chi connectivity index (χ0v) is 10.8. The standard InChI is InChI=1S/C14H9ClO5/c15-8-4-6-9(7-5-8)20-14(19)11-3-1-2-10(12(11)16)13(17)18/h1-7,16H,(H,17,18). The number of rotatable bonds is 3. The molecule has 0 bridgehead atoms. The number of carbonyl (C=O) groups is 2. The van der Waals surface area contributed by atoms with Crippen molar-refractivity contribution >= 4 is 23.5 Å². The predicted octanol–water partition coefficient (Wildman–Crippen LogP) is 2.96. The molecule has 2 N–H and O–H groups in total. The molecule has 2 aromatic carbocycles. The number of para-hydroxylation sites is 1. The topological polar surface area (TPSA) is 83.8 Å². The number of aromatic hydroxyl groups is 1. The number of hydrogen-bond donors (Lipinski definition) is 2. The largest absolute Gasteiger partial charge is 0.506 e. The summed E-state index contributed by atoms with van der Waals surface area (Å²) in [6, 6.07) is 9.87. The molecule has 0 saturated heterocycles. The lowest BCUT2D eigenvalue weighted by Crippen LogP contribution is -2.10. The van der Waals surface area contributed by atoms with Crippen molar-refractivity contribution in [3.8, 4) is 11.5 Å². The van der Waals surface area contributed by atoms with Gasteiger partial charge in [-0.1, -0.05) is 17.7 Å². The second kappa shape index (κ2) is 5.63. The Balaban J connectivity index is 2.28. The van der Waals surface area contributed by atoms with Crippen LogP contribution in [0.2, 0.25) is 5.02 Å². The van der Waals surface area contributed by atoms with Gasteiger partial charge in [-0.3, -0.25) is 0 Å². The number of esters is 1. The third-order valence-corrected chi connectivity index (χ3v) is 2.76. The van der Waals surface area contributed by atoms with E-state index in [4.69, 9.17) is 21.4 Å². The fourth-order valence-electron chi connectivity index (χ4n) is 1.55. The summed E-state index contributed by atoms with van der Waals surface area (Å²) in [5.74, 6) is -2.57. The first-order chi connectivity index (χ1) is 9.49. The minimum atomic E-state index is -1.33. The van der Waals surface area contributed by atoms with Crippen molar-refractivity contribution in [3.63, 3.8) is 0 Å². The van der Waals surface area contributed by atoms with Crippen molar-refractivity contribution in [1.29, 1.82) is 0 Å². The summed E-state index contributed by atoms with van der Waals surface area (Å²) in [5.41, 5.74) is -0.588. The molecule has 2 rings (SSSR count). The van der Waals surface area contributed by atoms with Crippen LogP contribution in [0.5, 0.6) is 11.5 Å². The number of carboxylic acid groups (broad SMARTS) is 1. The number of benzene rings is 2. The zero-order chi connectivity index (χ0) is 14.7. The van der Waals surface area contributed by atoms with Gasteiger partial charge in [0.1, 0.15) is 22.6 Å². The van der Waals surface area contributed by atoms with Gasteiger partial charge in [0.2, 0.25) is 0 Å². The Kier molecular flexibility index (Phi) is 3.91. The van der Waals surface area contributed by atoms with Crippen molar-refractivity contribution < 1.29 is 24.5 Å². The van der Waals surface area contributed by atoms with Gasteiger partial charge in [-0.15, -0.1) is 0 Å². The average Bonchev–Trinajstić information content (AvgIpc) is 2.41. The minimum absolute atomic E-state index is 0.222. The molecular formula is C14H9ClO5. The molecule has 0 aliphatic carbocycles. The van der Waals surface area contributed by atoms with Crippen LogP contribution in [0.1, 0.15) is 20.7 Å². The average molecular weight is 293 g/mol. The van der Waals surface area contributed by atoms with E-state index in [1.165, 1.54) is 42.5 Å². The lowest BCUT2D eigenvalue weighted by Gasteiger charge is -2.07. The van der Waals surface area contributed by atoms with Crippen molar-refractivity contribution in [2.75, 3.05) is 0 Å². The highest BCUT2D eigenvalue weighted by molar-refractivity contribution is 6.30. The van der Waals surface area contributed by atoms with Crippen LogP contribution in [0, 0.1) is 0 Å². The summed E-state index contributed by atoms with van der Waals surface area (Å²) in [6.45, 7) is 0. The number of halogens is 1. The lowest BCUT2D eigenvalue weighted by molar-refractivity contribution is 0.0693. The number of hydrogen-bond acceptors (Lipinski definition) is 4. The molecule has 0 saturated carbocycles. The van der Waals surface area contributed by atoms with Gasteiger partial charge in [0.15, 0.2) is 0 Å². The van der Waals surface area contributed by atoms with Gasteiger partial charge in [0, 0.05) is 5.02 Å². The highest BCUT2D eigenvalue weighted by Crippen LogP contribution is 2.24. The third kappa shape index (κ3) is 2.89. The van der Waals surface area contributed by atoms with Crippen LogP contribution < -0.4 is 4.74 Å². The van der Waals surface area contributed by atoms with Gasteiger partial charge in [-0.05, 0) is 36.4 Å². The SMILES string of the molecule is O=C(O)c1cccc(C(=O)Oc2ccc(Cl)cc2)c1O. The van der Waals surface area contributed by atoms with Crippen LogP contribution >= 0.6 is 11.6 Å². The molecule has 0 fully saturated rings. The van der Waals surface area contributed by atoms with Crippen LogP contribution in [0.4, 0.5) is 0 Å². The molecule has 0 amide bonds. The Hall–Kier alpha value is -2.53. The quantitative estimate of drug-likeness (QED) is 0.671. The van der Waals surface area contributed by atoms with Gasteiger partial charge in [-0.25, -0.2) is 9.59 Å². The summed E-state index contributed by atoms with van der Waals surface area (Å²) in [6.07, 6.45) is 0. The van der Waals surface area contributed by atoms with E-state index < -0.39 is 17.7 Å². The van der Waals surface area contributed by atoms with E-state index >= 15 is 0 Å². The third-order valence-electron chi connectivity index (χ3n) is 2.51. The smallest absolute Gasteiger partial charge is 0.347 e. The van der Waals surface area contributed by atoms with Crippen LogP contribution in [0.3, 0.4) is 0 Å². The number of carboxylic acids is 1. The Morgan fingerprint density at radius 2 is 1.60 bits per heavy atom. The number of carbonyl (C=O) groups excluding carboxylic acids is 1. The van der Waals surface area contributed by atoms with Crippen molar-refractivity contribution in [2.45, 2.75) is 0 Å². The molecule has 0 aromatic heterocycles. The van der Waals surface area contributed by atoms with Gasteiger partial charge in [-0.2, -0.15) is 0 Å². The number of phenols is 1. The van der Waals surface area contributed by atoms with E-state index in [9.17, 15) is 14.7 Å². The summed E-state index contributed by atoms with van der Waals surface area (Å²) in [4.78, 5) is 22.8. The summed E-state index contributed by atoms with van der Waals surface area (Å²) < 4.78 is 5.02. The van der Waals surface area contributed by atoms with Gasteiger partial charge < -0.3 is 14.9 Å². The maximum atomic E-state index is 11.9. The maximum absolute atomic E-state index is 11.9. The fraction of sp³-hybridized carbons (Fsp3) is 0. The Labute approximate surface area is 119 Å². The monoisotopic (exact) mass is 292 g/mol. The second-order valence-corrected chi connectivity index (χ2v) is 4.29. The molecule has 0 heterocycles. The molecule has 5 nitrogen and oxygen atoms in total. The molecule has 6 heteroatoms. The molecular weight excluding hydrogens is 284 g/mol. The summed E-state index contributed by atoms with van der Waals surface area (Å²) in [5, 5.41) is 19.1. The zero-order valence-electron chi connectivity index (χ0n) is 10.0. The molecule has 20 heavy (non-hydrogen) atoms. The molecule has 2 aromatic rings. The van der Waals surface area contributed by atoms with Gasteiger partial charge >= 0.3 is 11.9 Å². The van der Waals surface area contributed by atoms with E-state index in [2.05, 4.69) is 0 Å².